The van der Waals surface area contributed by atoms with Crippen molar-refractivity contribution in [2.45, 2.75) is 19.1 Å². The quantitative estimate of drug-likeness (QED) is 0.740. The molecule has 1 aromatic heterocycles. The fraction of sp³-hybridized carbons (Fsp3) is 0.353. The third-order valence-electron chi connectivity index (χ3n) is 4.83. The van der Waals surface area contributed by atoms with Crippen molar-refractivity contribution in [2.24, 2.45) is 0 Å². The Labute approximate surface area is 157 Å². The smallest absolute Gasteiger partial charge is 0.256 e. The van der Waals surface area contributed by atoms with Gasteiger partial charge in [0.1, 0.15) is 11.2 Å². The van der Waals surface area contributed by atoms with E-state index in [1.54, 1.807) is 11.3 Å². The fourth-order valence-electron chi connectivity index (χ4n) is 3.55. The number of benzene rings is 1. The Hall–Kier alpha value is -1.77. The second-order valence-electron chi connectivity index (χ2n) is 6.47. The standard InChI is InChI=1S/C17H16BrN3O3S/c1-21-3-2-8-13(6-21)25-17-14(8)16(22)19-15(20-17)9-4-11-12(5-10(9)18)24-7-23-11/h4-5,15,20H,2-3,6-7H2,1H3,(H,19,22)/t15-/m1/s1. The van der Waals surface area contributed by atoms with Gasteiger partial charge in [0.25, 0.3) is 5.91 Å². The van der Waals surface area contributed by atoms with E-state index in [-0.39, 0.29) is 18.9 Å². The van der Waals surface area contributed by atoms with Crippen LogP contribution >= 0.6 is 27.3 Å². The van der Waals surface area contributed by atoms with Gasteiger partial charge in [0.2, 0.25) is 6.79 Å². The lowest BCUT2D eigenvalue weighted by atomic mass is 10.0. The monoisotopic (exact) mass is 421 g/mol. The van der Waals surface area contributed by atoms with Gasteiger partial charge in [-0.05, 0) is 31.2 Å². The van der Waals surface area contributed by atoms with Gasteiger partial charge in [-0.2, -0.15) is 0 Å². The zero-order valence-corrected chi connectivity index (χ0v) is 15.9. The second-order valence-corrected chi connectivity index (χ2v) is 8.43. The molecular weight excluding hydrogens is 406 g/mol. The zero-order chi connectivity index (χ0) is 17.1. The predicted octanol–water partition coefficient (Wildman–Crippen LogP) is 3.08. The van der Waals surface area contributed by atoms with E-state index in [0.717, 1.165) is 40.1 Å². The summed E-state index contributed by atoms with van der Waals surface area (Å²) in [6, 6.07) is 3.80. The third-order valence-corrected chi connectivity index (χ3v) is 6.66. The normalized spacial score (nSPS) is 21.4. The number of fused-ring (bicyclic) bond motifs is 4. The lowest BCUT2D eigenvalue weighted by Crippen LogP contribution is -2.38. The lowest BCUT2D eigenvalue weighted by molar-refractivity contribution is 0.0934. The van der Waals surface area contributed by atoms with E-state index in [1.165, 1.54) is 10.4 Å². The van der Waals surface area contributed by atoms with E-state index in [4.69, 9.17) is 9.47 Å². The number of halogens is 1. The van der Waals surface area contributed by atoms with E-state index in [2.05, 4.69) is 38.5 Å². The lowest BCUT2D eigenvalue weighted by Gasteiger charge is -2.28. The molecule has 25 heavy (non-hydrogen) atoms. The minimum Gasteiger partial charge on any atom is -0.454 e. The first-order valence-electron chi connectivity index (χ1n) is 8.09. The van der Waals surface area contributed by atoms with Crippen LogP contribution < -0.4 is 20.1 Å². The van der Waals surface area contributed by atoms with Crippen LogP contribution in [0.5, 0.6) is 11.5 Å². The summed E-state index contributed by atoms with van der Waals surface area (Å²) in [7, 11) is 2.11. The van der Waals surface area contributed by atoms with Gasteiger partial charge in [-0.3, -0.25) is 4.79 Å². The minimum absolute atomic E-state index is 0.00892. The molecule has 0 unspecified atom stereocenters. The average Bonchev–Trinajstić information content (AvgIpc) is 3.16. The van der Waals surface area contributed by atoms with Crippen molar-refractivity contribution in [1.82, 2.24) is 10.2 Å². The number of ether oxygens (including phenoxy) is 2. The molecule has 0 radical (unpaired) electrons. The molecule has 3 aliphatic rings. The van der Waals surface area contributed by atoms with Crippen molar-refractivity contribution >= 4 is 38.2 Å². The molecule has 0 saturated carbocycles. The molecule has 1 amide bonds. The highest BCUT2D eigenvalue weighted by Crippen LogP contribution is 2.43. The van der Waals surface area contributed by atoms with Gasteiger partial charge >= 0.3 is 0 Å². The molecule has 5 rings (SSSR count). The Morgan fingerprint density at radius 3 is 2.92 bits per heavy atom. The summed E-state index contributed by atoms with van der Waals surface area (Å²) in [6.45, 7) is 2.12. The van der Waals surface area contributed by atoms with Crippen molar-refractivity contribution in [3.8, 4) is 11.5 Å². The number of hydrogen-bond donors (Lipinski definition) is 2. The number of amides is 1. The van der Waals surface area contributed by atoms with Crippen LogP contribution in [0.25, 0.3) is 0 Å². The van der Waals surface area contributed by atoms with Crippen LogP contribution in [-0.2, 0) is 13.0 Å². The van der Waals surface area contributed by atoms with Crippen LogP contribution in [0.1, 0.15) is 32.5 Å². The van der Waals surface area contributed by atoms with Gasteiger partial charge < -0.3 is 25.0 Å². The molecule has 8 heteroatoms. The molecule has 0 spiro atoms. The van der Waals surface area contributed by atoms with E-state index in [9.17, 15) is 4.79 Å². The maximum absolute atomic E-state index is 12.8. The highest BCUT2D eigenvalue weighted by Gasteiger charge is 2.34. The molecule has 0 bridgehead atoms. The molecular formula is C17H16BrN3O3S. The van der Waals surface area contributed by atoms with Gasteiger partial charge in [0.15, 0.2) is 11.5 Å². The van der Waals surface area contributed by atoms with E-state index in [1.807, 2.05) is 12.1 Å². The van der Waals surface area contributed by atoms with Crippen molar-refractivity contribution in [2.75, 3.05) is 25.7 Å². The summed E-state index contributed by atoms with van der Waals surface area (Å²) in [5.74, 6) is 1.41. The van der Waals surface area contributed by atoms with Gasteiger partial charge in [0, 0.05) is 28.0 Å². The topological polar surface area (TPSA) is 62.8 Å². The first-order valence-corrected chi connectivity index (χ1v) is 9.70. The number of nitrogens with zero attached hydrogens (tertiary/aromatic N) is 1. The summed E-state index contributed by atoms with van der Waals surface area (Å²) in [5.41, 5.74) is 2.94. The summed E-state index contributed by atoms with van der Waals surface area (Å²) in [4.78, 5) is 16.4. The maximum atomic E-state index is 12.8. The number of anilines is 1. The number of nitrogens with one attached hydrogen (secondary N) is 2. The second kappa shape index (κ2) is 5.62. The molecule has 130 valence electrons. The number of hydrogen-bond acceptors (Lipinski definition) is 6. The number of rotatable bonds is 1. The third kappa shape index (κ3) is 2.43. The van der Waals surface area contributed by atoms with E-state index < -0.39 is 0 Å². The van der Waals surface area contributed by atoms with E-state index >= 15 is 0 Å². The Bertz CT molecular complexity index is 898. The molecule has 0 saturated heterocycles. The van der Waals surface area contributed by atoms with Crippen molar-refractivity contribution in [3.63, 3.8) is 0 Å². The summed E-state index contributed by atoms with van der Waals surface area (Å²) in [6.07, 6.45) is 0.618. The summed E-state index contributed by atoms with van der Waals surface area (Å²) < 4.78 is 11.7. The minimum atomic E-state index is -0.304. The number of thiophene rings is 1. The molecule has 0 aliphatic carbocycles. The number of likely N-dealkylation sites (N-methyl/N-ethyl adjacent to an activating group) is 1. The molecule has 2 N–H and O–H groups in total. The molecule has 3 aliphatic heterocycles. The van der Waals surface area contributed by atoms with Crippen LogP contribution in [0.3, 0.4) is 0 Å². The summed E-state index contributed by atoms with van der Waals surface area (Å²) >= 11 is 5.27. The molecule has 1 atom stereocenters. The molecule has 6 nitrogen and oxygen atoms in total. The van der Waals surface area contributed by atoms with E-state index in [0.29, 0.717) is 11.5 Å². The highest BCUT2D eigenvalue weighted by molar-refractivity contribution is 9.10. The molecule has 4 heterocycles. The highest BCUT2D eigenvalue weighted by atomic mass is 79.9. The van der Waals surface area contributed by atoms with Crippen LogP contribution in [0.4, 0.5) is 5.00 Å². The predicted molar refractivity (Wildman–Crippen MR) is 98.5 cm³/mol. The Balaban J connectivity index is 1.52. The molecule has 0 fully saturated rings. The number of carbonyl (C=O) groups excluding carboxylic acids is 1. The van der Waals surface area contributed by atoms with Crippen LogP contribution in [0.15, 0.2) is 16.6 Å². The zero-order valence-electron chi connectivity index (χ0n) is 13.5. The van der Waals surface area contributed by atoms with Crippen molar-refractivity contribution < 1.29 is 14.3 Å². The maximum Gasteiger partial charge on any atom is 0.256 e. The largest absolute Gasteiger partial charge is 0.454 e. The van der Waals surface area contributed by atoms with Gasteiger partial charge in [-0.15, -0.1) is 11.3 Å². The summed E-state index contributed by atoms with van der Waals surface area (Å²) in [5, 5.41) is 7.53. The van der Waals surface area contributed by atoms with Crippen LogP contribution in [0, 0.1) is 0 Å². The fourth-order valence-corrected chi connectivity index (χ4v) is 5.46. The first-order chi connectivity index (χ1) is 12.1. The molecule has 1 aromatic carbocycles. The first kappa shape index (κ1) is 15.5. The van der Waals surface area contributed by atoms with Crippen LogP contribution in [0.2, 0.25) is 0 Å². The van der Waals surface area contributed by atoms with Crippen molar-refractivity contribution in [3.05, 3.63) is 38.2 Å². The molecule has 2 aromatic rings. The Kier molecular flexibility index (Phi) is 3.48. The van der Waals surface area contributed by atoms with Gasteiger partial charge in [0.05, 0.1) is 5.56 Å². The number of carbonyl (C=O) groups is 1. The van der Waals surface area contributed by atoms with Crippen LogP contribution in [-0.4, -0.2) is 31.2 Å². The Morgan fingerprint density at radius 1 is 1.28 bits per heavy atom. The van der Waals surface area contributed by atoms with Gasteiger partial charge in [-0.25, -0.2) is 0 Å². The SMILES string of the molecule is CN1CCc2c(sc3c2C(=O)N[C@@H](c2cc4c(cc2Br)OCO4)N3)C1. The Morgan fingerprint density at radius 2 is 2.08 bits per heavy atom. The van der Waals surface area contributed by atoms with Gasteiger partial charge in [-0.1, -0.05) is 15.9 Å². The average molecular weight is 422 g/mol. The van der Waals surface area contributed by atoms with Crippen molar-refractivity contribution in [1.29, 1.82) is 0 Å².